The molecule has 1 aromatic carbocycles. The van der Waals surface area contributed by atoms with Crippen LogP contribution in [0.2, 0.25) is 0 Å². The summed E-state index contributed by atoms with van der Waals surface area (Å²) in [6.07, 6.45) is 2.28. The van der Waals surface area contributed by atoms with Crippen LogP contribution in [0.5, 0.6) is 0 Å². The number of rotatable bonds is 2. The van der Waals surface area contributed by atoms with E-state index in [-0.39, 0.29) is 11.4 Å². The van der Waals surface area contributed by atoms with Gasteiger partial charge in [0.1, 0.15) is 23.2 Å². The molecule has 0 atom stereocenters. The maximum atomic E-state index is 14.0. The van der Waals surface area contributed by atoms with Gasteiger partial charge in [-0.1, -0.05) is 12.1 Å². The van der Waals surface area contributed by atoms with Crippen molar-refractivity contribution in [2.45, 2.75) is 45.1 Å². The Labute approximate surface area is 118 Å². The van der Waals surface area contributed by atoms with Gasteiger partial charge in [0, 0.05) is 17.0 Å². The zero-order chi connectivity index (χ0) is 14.5. The number of nitrogens with two attached hydrogens (primary N) is 1. The Hall–Kier alpha value is -1.84. The third-order valence-electron chi connectivity index (χ3n) is 3.68. The van der Waals surface area contributed by atoms with Crippen LogP contribution in [0.25, 0.3) is 11.3 Å². The second-order valence-corrected chi connectivity index (χ2v) is 6.46. The summed E-state index contributed by atoms with van der Waals surface area (Å²) in [5, 5.41) is 0. The van der Waals surface area contributed by atoms with Crippen molar-refractivity contribution in [1.29, 1.82) is 0 Å². The zero-order valence-electron chi connectivity index (χ0n) is 12.2. The largest absolute Gasteiger partial charge is 0.383 e. The van der Waals surface area contributed by atoms with Gasteiger partial charge in [-0.15, -0.1) is 0 Å². The molecule has 2 aromatic rings. The van der Waals surface area contributed by atoms with E-state index in [0.717, 1.165) is 18.7 Å². The molecule has 0 aliphatic heterocycles. The van der Waals surface area contributed by atoms with Crippen LogP contribution in [0.3, 0.4) is 0 Å². The molecule has 1 aliphatic carbocycles. The summed E-state index contributed by atoms with van der Waals surface area (Å²) in [6.45, 7) is 6.30. The molecule has 0 unspecified atom stereocenters. The molecule has 1 saturated carbocycles. The van der Waals surface area contributed by atoms with Crippen molar-refractivity contribution >= 4 is 5.82 Å². The van der Waals surface area contributed by atoms with Gasteiger partial charge in [0.25, 0.3) is 0 Å². The molecule has 3 nitrogen and oxygen atoms in total. The lowest BCUT2D eigenvalue weighted by Gasteiger charge is -2.25. The Morgan fingerprint density at radius 1 is 1.25 bits per heavy atom. The first kappa shape index (κ1) is 13.2. The predicted molar refractivity (Wildman–Crippen MR) is 79.0 cm³/mol. The molecule has 0 bridgehead atoms. The molecule has 0 saturated heterocycles. The Morgan fingerprint density at radius 3 is 2.45 bits per heavy atom. The molecular weight excluding hydrogens is 253 g/mol. The van der Waals surface area contributed by atoms with Crippen molar-refractivity contribution in [3.8, 4) is 11.3 Å². The molecule has 2 N–H and O–H groups in total. The highest BCUT2D eigenvalue weighted by Gasteiger charge is 2.34. The Kier molecular flexibility index (Phi) is 2.85. The lowest BCUT2D eigenvalue weighted by molar-refractivity contribution is 0.388. The van der Waals surface area contributed by atoms with E-state index in [9.17, 15) is 4.39 Å². The smallest absolute Gasteiger partial charge is 0.132 e. The van der Waals surface area contributed by atoms with Crippen LogP contribution in [-0.4, -0.2) is 9.55 Å². The molecule has 106 valence electrons. The molecular formula is C16H20FN3. The number of halogens is 1. The topological polar surface area (TPSA) is 43.8 Å². The number of aromatic nitrogens is 2. The van der Waals surface area contributed by atoms with Gasteiger partial charge in [0.2, 0.25) is 0 Å². The second kappa shape index (κ2) is 4.33. The monoisotopic (exact) mass is 273 g/mol. The van der Waals surface area contributed by atoms with Gasteiger partial charge in [-0.2, -0.15) is 0 Å². The summed E-state index contributed by atoms with van der Waals surface area (Å²) in [5.41, 5.74) is 7.19. The van der Waals surface area contributed by atoms with Crippen molar-refractivity contribution in [3.63, 3.8) is 0 Å². The van der Waals surface area contributed by atoms with Crippen LogP contribution in [0.1, 0.15) is 45.4 Å². The molecule has 20 heavy (non-hydrogen) atoms. The van der Waals surface area contributed by atoms with Crippen molar-refractivity contribution < 1.29 is 4.39 Å². The summed E-state index contributed by atoms with van der Waals surface area (Å²) in [5.74, 6) is 1.75. The fourth-order valence-electron chi connectivity index (χ4n) is 2.62. The third kappa shape index (κ3) is 2.09. The molecule has 1 fully saturated rings. The quantitative estimate of drug-likeness (QED) is 0.901. The first-order valence-electron chi connectivity index (χ1n) is 7.03. The molecule has 0 amide bonds. The van der Waals surface area contributed by atoms with Crippen molar-refractivity contribution in [1.82, 2.24) is 9.55 Å². The van der Waals surface area contributed by atoms with Crippen molar-refractivity contribution in [2.24, 2.45) is 0 Å². The van der Waals surface area contributed by atoms with E-state index in [1.807, 2.05) is 6.07 Å². The number of hydrogen-bond acceptors (Lipinski definition) is 2. The lowest BCUT2D eigenvalue weighted by atomic mass is 10.1. The second-order valence-electron chi connectivity index (χ2n) is 6.46. The molecule has 1 heterocycles. The zero-order valence-corrected chi connectivity index (χ0v) is 12.2. The first-order chi connectivity index (χ1) is 9.39. The summed E-state index contributed by atoms with van der Waals surface area (Å²) < 4.78 is 16.1. The maximum Gasteiger partial charge on any atom is 0.132 e. The average Bonchev–Trinajstić information content (AvgIpc) is 3.13. The lowest BCUT2D eigenvalue weighted by Crippen LogP contribution is -2.25. The SMILES string of the molecule is CC(C)(C)n1c(C2CC2)nc(-c2ccccc2F)c1N. The number of anilines is 1. The maximum absolute atomic E-state index is 14.0. The molecule has 4 heteroatoms. The third-order valence-corrected chi connectivity index (χ3v) is 3.68. The van der Waals surface area contributed by atoms with Gasteiger partial charge >= 0.3 is 0 Å². The number of nitrogen functional groups attached to an aromatic ring is 1. The van der Waals surface area contributed by atoms with Gasteiger partial charge in [-0.3, -0.25) is 0 Å². The van der Waals surface area contributed by atoms with E-state index in [1.54, 1.807) is 12.1 Å². The van der Waals surface area contributed by atoms with E-state index in [0.29, 0.717) is 23.0 Å². The van der Waals surface area contributed by atoms with Crippen LogP contribution in [0.4, 0.5) is 10.2 Å². The molecule has 3 rings (SSSR count). The minimum absolute atomic E-state index is 0.154. The summed E-state index contributed by atoms with van der Waals surface area (Å²) >= 11 is 0. The fourth-order valence-corrected chi connectivity index (χ4v) is 2.62. The van der Waals surface area contributed by atoms with Crippen LogP contribution < -0.4 is 5.73 Å². The van der Waals surface area contributed by atoms with Crippen molar-refractivity contribution in [3.05, 3.63) is 35.9 Å². The molecule has 0 spiro atoms. The van der Waals surface area contributed by atoms with Gasteiger partial charge in [0.15, 0.2) is 0 Å². The van der Waals surface area contributed by atoms with Gasteiger partial charge in [-0.05, 0) is 45.7 Å². The van der Waals surface area contributed by atoms with Crippen LogP contribution in [-0.2, 0) is 5.54 Å². The van der Waals surface area contributed by atoms with Crippen LogP contribution >= 0.6 is 0 Å². The number of benzene rings is 1. The van der Waals surface area contributed by atoms with Gasteiger partial charge < -0.3 is 10.3 Å². The fraction of sp³-hybridized carbons (Fsp3) is 0.438. The Morgan fingerprint density at radius 2 is 1.90 bits per heavy atom. The van der Waals surface area contributed by atoms with E-state index in [2.05, 4.69) is 30.3 Å². The normalized spacial score (nSPS) is 15.6. The molecule has 1 aliphatic rings. The number of hydrogen-bond donors (Lipinski definition) is 1. The number of imidazole rings is 1. The van der Waals surface area contributed by atoms with E-state index >= 15 is 0 Å². The highest BCUT2D eigenvalue weighted by atomic mass is 19.1. The molecule has 1 aromatic heterocycles. The summed E-state index contributed by atoms with van der Waals surface area (Å²) in [7, 11) is 0. The first-order valence-corrected chi connectivity index (χ1v) is 7.03. The summed E-state index contributed by atoms with van der Waals surface area (Å²) in [4.78, 5) is 4.67. The van der Waals surface area contributed by atoms with Gasteiger partial charge in [0.05, 0.1) is 0 Å². The van der Waals surface area contributed by atoms with E-state index in [4.69, 9.17) is 5.73 Å². The minimum atomic E-state index is -0.278. The van der Waals surface area contributed by atoms with Crippen LogP contribution in [0, 0.1) is 5.82 Å². The highest BCUT2D eigenvalue weighted by molar-refractivity contribution is 5.72. The Balaban J connectivity index is 2.21. The number of nitrogens with zero attached hydrogens (tertiary/aromatic N) is 2. The predicted octanol–water partition coefficient (Wildman–Crippen LogP) is 3.90. The highest BCUT2D eigenvalue weighted by Crippen LogP contribution is 2.44. The van der Waals surface area contributed by atoms with E-state index in [1.165, 1.54) is 6.07 Å². The Bertz CT molecular complexity index is 648. The van der Waals surface area contributed by atoms with Crippen LogP contribution in [0.15, 0.2) is 24.3 Å². The van der Waals surface area contributed by atoms with Crippen molar-refractivity contribution in [2.75, 3.05) is 5.73 Å². The average molecular weight is 273 g/mol. The minimum Gasteiger partial charge on any atom is -0.383 e. The standard InChI is InChI=1S/C16H20FN3/c1-16(2,3)20-14(18)13(19-15(20)10-8-9-10)11-6-4-5-7-12(11)17/h4-7,10H,8-9,18H2,1-3H3. The van der Waals surface area contributed by atoms with Gasteiger partial charge in [-0.25, -0.2) is 9.37 Å². The summed E-state index contributed by atoms with van der Waals surface area (Å²) in [6, 6.07) is 6.67. The van der Waals surface area contributed by atoms with E-state index < -0.39 is 0 Å². The molecule has 0 radical (unpaired) electrons.